The lowest BCUT2D eigenvalue weighted by atomic mass is 10.2. The zero-order chi connectivity index (χ0) is 19.3. The molecular formula is C18H18N4O4S. The van der Waals surface area contributed by atoms with Gasteiger partial charge in [-0.25, -0.2) is 13.2 Å². The lowest BCUT2D eigenvalue weighted by Crippen LogP contribution is -2.40. The van der Waals surface area contributed by atoms with Crippen molar-refractivity contribution in [2.24, 2.45) is 0 Å². The van der Waals surface area contributed by atoms with E-state index in [0.29, 0.717) is 43.2 Å². The number of anilines is 2. The summed E-state index contributed by atoms with van der Waals surface area (Å²) in [7, 11) is -3.65. The van der Waals surface area contributed by atoms with Gasteiger partial charge in [0.2, 0.25) is 10.0 Å². The minimum absolute atomic E-state index is 0.0969. The summed E-state index contributed by atoms with van der Waals surface area (Å²) in [5.41, 5.74) is 1.03. The number of rotatable bonds is 4. The van der Waals surface area contributed by atoms with E-state index >= 15 is 0 Å². The van der Waals surface area contributed by atoms with Crippen LogP contribution in [0.5, 0.6) is 0 Å². The number of sulfonamides is 1. The first-order valence-corrected chi connectivity index (χ1v) is 9.70. The third kappa shape index (κ3) is 4.43. The highest BCUT2D eigenvalue weighted by Gasteiger charge is 2.26. The molecule has 0 atom stereocenters. The highest BCUT2D eigenvalue weighted by atomic mass is 32.2. The molecule has 0 radical (unpaired) electrons. The van der Waals surface area contributed by atoms with E-state index in [4.69, 9.17) is 10.00 Å². The molecule has 2 N–H and O–H groups in total. The second-order valence-electron chi connectivity index (χ2n) is 5.78. The molecule has 1 saturated heterocycles. The number of para-hydroxylation sites is 1. The van der Waals surface area contributed by atoms with Crippen LogP contribution in [0.4, 0.5) is 16.2 Å². The van der Waals surface area contributed by atoms with E-state index in [1.54, 1.807) is 36.4 Å². The molecular weight excluding hydrogens is 368 g/mol. The van der Waals surface area contributed by atoms with Gasteiger partial charge in [-0.3, -0.25) is 0 Å². The normalized spacial score (nSPS) is 14.9. The molecule has 0 aromatic heterocycles. The summed E-state index contributed by atoms with van der Waals surface area (Å²) in [5.74, 6) is 0. The molecule has 1 aliphatic heterocycles. The molecule has 0 unspecified atom stereocenters. The van der Waals surface area contributed by atoms with Crippen molar-refractivity contribution in [2.45, 2.75) is 4.90 Å². The molecule has 0 aliphatic carbocycles. The smallest absolute Gasteiger partial charge is 0.323 e. The van der Waals surface area contributed by atoms with Gasteiger partial charge >= 0.3 is 6.03 Å². The molecule has 1 aliphatic rings. The summed E-state index contributed by atoms with van der Waals surface area (Å²) >= 11 is 0. The van der Waals surface area contributed by atoms with Crippen molar-refractivity contribution in [3.05, 3.63) is 54.1 Å². The molecule has 2 amide bonds. The van der Waals surface area contributed by atoms with Crippen molar-refractivity contribution < 1.29 is 17.9 Å². The number of amides is 2. The maximum atomic E-state index is 12.7. The van der Waals surface area contributed by atoms with Crippen LogP contribution < -0.4 is 10.6 Å². The Morgan fingerprint density at radius 2 is 1.81 bits per heavy atom. The number of hydrogen-bond donors (Lipinski definition) is 2. The Morgan fingerprint density at radius 3 is 2.56 bits per heavy atom. The Hall–Kier alpha value is -2.93. The van der Waals surface area contributed by atoms with Crippen LogP contribution >= 0.6 is 0 Å². The Labute approximate surface area is 157 Å². The molecule has 0 saturated carbocycles. The fourth-order valence-electron chi connectivity index (χ4n) is 2.64. The van der Waals surface area contributed by atoms with E-state index in [2.05, 4.69) is 10.6 Å². The van der Waals surface area contributed by atoms with Gasteiger partial charge < -0.3 is 15.4 Å². The number of nitriles is 1. The average molecular weight is 386 g/mol. The van der Waals surface area contributed by atoms with E-state index in [1.807, 2.05) is 6.07 Å². The number of morpholine rings is 1. The Bertz CT molecular complexity index is 979. The lowest BCUT2D eigenvalue weighted by Gasteiger charge is -2.26. The van der Waals surface area contributed by atoms with Crippen LogP contribution in [0.1, 0.15) is 5.56 Å². The van der Waals surface area contributed by atoms with Crippen molar-refractivity contribution in [1.82, 2.24) is 4.31 Å². The predicted molar refractivity (Wildman–Crippen MR) is 99.8 cm³/mol. The Morgan fingerprint density at radius 1 is 1.07 bits per heavy atom. The van der Waals surface area contributed by atoms with Gasteiger partial charge in [0.1, 0.15) is 6.07 Å². The van der Waals surface area contributed by atoms with Crippen LogP contribution in [0.3, 0.4) is 0 Å². The molecule has 0 bridgehead atoms. The summed E-state index contributed by atoms with van der Waals surface area (Å²) in [6.07, 6.45) is 0. The third-order valence-corrected chi connectivity index (χ3v) is 5.89. The number of hydrogen-bond acceptors (Lipinski definition) is 5. The number of urea groups is 1. The second-order valence-corrected chi connectivity index (χ2v) is 7.72. The Kier molecular flexibility index (Phi) is 5.71. The van der Waals surface area contributed by atoms with Crippen LogP contribution in [0.15, 0.2) is 53.4 Å². The molecule has 140 valence electrons. The van der Waals surface area contributed by atoms with Crippen LogP contribution in [-0.2, 0) is 14.8 Å². The van der Waals surface area contributed by atoms with Crippen LogP contribution in [-0.4, -0.2) is 45.1 Å². The van der Waals surface area contributed by atoms with Crippen molar-refractivity contribution in [3.63, 3.8) is 0 Å². The molecule has 1 heterocycles. The van der Waals surface area contributed by atoms with Crippen molar-refractivity contribution >= 4 is 27.4 Å². The van der Waals surface area contributed by atoms with E-state index < -0.39 is 16.1 Å². The molecule has 0 spiro atoms. The molecule has 8 nitrogen and oxygen atoms in total. The standard InChI is InChI=1S/C18H18N4O4S/c19-13-14-4-1-2-7-17(14)21-18(23)20-15-5-3-6-16(12-15)27(24,25)22-8-10-26-11-9-22/h1-7,12H,8-11H2,(H2,20,21,23). The first-order chi connectivity index (χ1) is 13.0. The zero-order valence-electron chi connectivity index (χ0n) is 14.4. The summed E-state index contributed by atoms with van der Waals surface area (Å²) in [4.78, 5) is 12.3. The molecule has 2 aromatic rings. The van der Waals surface area contributed by atoms with Crippen molar-refractivity contribution in [2.75, 3.05) is 36.9 Å². The van der Waals surface area contributed by atoms with Gasteiger partial charge in [-0.15, -0.1) is 0 Å². The second kappa shape index (κ2) is 8.18. The number of ether oxygens (including phenoxy) is 1. The van der Waals surface area contributed by atoms with Crippen molar-refractivity contribution in [1.29, 1.82) is 5.26 Å². The molecule has 2 aromatic carbocycles. The zero-order valence-corrected chi connectivity index (χ0v) is 15.2. The Balaban J connectivity index is 1.74. The first-order valence-electron chi connectivity index (χ1n) is 8.26. The van der Waals surface area contributed by atoms with E-state index in [9.17, 15) is 13.2 Å². The third-order valence-electron chi connectivity index (χ3n) is 4.00. The SMILES string of the molecule is N#Cc1ccccc1NC(=O)Nc1cccc(S(=O)(=O)N2CCOCC2)c1. The van der Waals surface area contributed by atoms with E-state index in [-0.39, 0.29) is 4.90 Å². The quantitative estimate of drug-likeness (QED) is 0.837. The number of carbonyl (C=O) groups is 1. The van der Waals surface area contributed by atoms with Crippen LogP contribution in [0.2, 0.25) is 0 Å². The predicted octanol–water partition coefficient (Wildman–Crippen LogP) is 2.22. The van der Waals surface area contributed by atoms with Gasteiger partial charge in [0.05, 0.1) is 29.4 Å². The molecule has 9 heteroatoms. The van der Waals surface area contributed by atoms with Gasteiger partial charge in [0.25, 0.3) is 0 Å². The molecule has 1 fully saturated rings. The van der Waals surface area contributed by atoms with Gasteiger partial charge in [-0.05, 0) is 30.3 Å². The van der Waals surface area contributed by atoms with Crippen molar-refractivity contribution in [3.8, 4) is 6.07 Å². The number of benzene rings is 2. The number of carbonyl (C=O) groups excluding carboxylic acids is 1. The summed E-state index contributed by atoms with van der Waals surface area (Å²) < 4.78 is 32.0. The van der Waals surface area contributed by atoms with Crippen LogP contribution in [0.25, 0.3) is 0 Å². The maximum absolute atomic E-state index is 12.7. The first kappa shape index (κ1) is 18.8. The maximum Gasteiger partial charge on any atom is 0.323 e. The number of nitrogens with zero attached hydrogens (tertiary/aromatic N) is 2. The highest BCUT2D eigenvalue weighted by Crippen LogP contribution is 2.21. The summed E-state index contributed by atoms with van der Waals surface area (Å²) in [6, 6.07) is 14.1. The summed E-state index contributed by atoms with van der Waals surface area (Å²) in [5, 5.41) is 14.2. The largest absolute Gasteiger partial charge is 0.379 e. The average Bonchev–Trinajstić information content (AvgIpc) is 2.69. The fraction of sp³-hybridized carbons (Fsp3) is 0.222. The van der Waals surface area contributed by atoms with E-state index in [0.717, 1.165) is 0 Å². The minimum atomic E-state index is -3.65. The highest BCUT2D eigenvalue weighted by molar-refractivity contribution is 7.89. The monoisotopic (exact) mass is 386 g/mol. The van der Waals surface area contributed by atoms with Gasteiger partial charge in [0.15, 0.2) is 0 Å². The van der Waals surface area contributed by atoms with Gasteiger partial charge in [0, 0.05) is 18.8 Å². The fourth-order valence-corrected chi connectivity index (χ4v) is 4.10. The van der Waals surface area contributed by atoms with Gasteiger partial charge in [-0.2, -0.15) is 9.57 Å². The molecule has 27 heavy (non-hydrogen) atoms. The van der Waals surface area contributed by atoms with Crippen LogP contribution in [0, 0.1) is 11.3 Å². The van der Waals surface area contributed by atoms with E-state index in [1.165, 1.54) is 16.4 Å². The molecule has 3 rings (SSSR count). The minimum Gasteiger partial charge on any atom is -0.379 e. The van der Waals surface area contributed by atoms with Gasteiger partial charge in [-0.1, -0.05) is 18.2 Å². The lowest BCUT2D eigenvalue weighted by molar-refractivity contribution is 0.0730. The number of nitrogens with one attached hydrogen (secondary N) is 2. The summed E-state index contributed by atoms with van der Waals surface area (Å²) in [6.45, 7) is 1.31. The topological polar surface area (TPSA) is 112 Å².